The molecule has 0 aromatic heterocycles. The first-order valence-electron chi connectivity index (χ1n) is 7.64. The fourth-order valence-electron chi connectivity index (χ4n) is 2.93. The van der Waals surface area contributed by atoms with Gasteiger partial charge in [-0.1, -0.05) is 30.3 Å². The van der Waals surface area contributed by atoms with Gasteiger partial charge in [0, 0.05) is 6.54 Å². The van der Waals surface area contributed by atoms with Gasteiger partial charge < -0.3 is 15.0 Å². The second kappa shape index (κ2) is 6.48. The van der Waals surface area contributed by atoms with Crippen LogP contribution in [0.5, 0.6) is 0 Å². The Bertz CT molecular complexity index is 467. The minimum absolute atomic E-state index is 0.140. The van der Waals surface area contributed by atoms with Crippen molar-refractivity contribution in [3.8, 4) is 0 Å². The van der Waals surface area contributed by atoms with Gasteiger partial charge in [-0.15, -0.1) is 0 Å². The topological polar surface area (TPSA) is 41.6 Å². The van der Waals surface area contributed by atoms with Crippen molar-refractivity contribution in [1.82, 2.24) is 10.2 Å². The summed E-state index contributed by atoms with van der Waals surface area (Å²) < 4.78 is 5.54. The molecule has 1 saturated heterocycles. The average molecular weight is 290 g/mol. The van der Waals surface area contributed by atoms with Crippen LogP contribution in [0.1, 0.15) is 45.2 Å². The van der Waals surface area contributed by atoms with E-state index in [-0.39, 0.29) is 18.2 Å². The first kappa shape index (κ1) is 15.8. The first-order valence-corrected chi connectivity index (χ1v) is 7.64. The predicted octanol–water partition coefficient (Wildman–Crippen LogP) is 3.35. The van der Waals surface area contributed by atoms with E-state index in [0.29, 0.717) is 0 Å². The van der Waals surface area contributed by atoms with Gasteiger partial charge in [0.15, 0.2) is 0 Å². The van der Waals surface area contributed by atoms with Gasteiger partial charge in [-0.2, -0.15) is 0 Å². The molecule has 0 aliphatic carbocycles. The zero-order valence-corrected chi connectivity index (χ0v) is 13.4. The molecule has 2 atom stereocenters. The molecule has 4 heteroatoms. The lowest BCUT2D eigenvalue weighted by Crippen LogP contribution is -2.45. The van der Waals surface area contributed by atoms with Gasteiger partial charge in [-0.3, -0.25) is 0 Å². The summed E-state index contributed by atoms with van der Waals surface area (Å²) >= 11 is 0. The van der Waals surface area contributed by atoms with E-state index in [4.69, 9.17) is 4.74 Å². The van der Waals surface area contributed by atoms with Crippen molar-refractivity contribution >= 4 is 6.09 Å². The number of hydrogen-bond acceptors (Lipinski definition) is 3. The molecule has 1 fully saturated rings. The lowest BCUT2D eigenvalue weighted by molar-refractivity contribution is 0.0197. The molecular formula is C17H26N2O2. The average Bonchev–Trinajstić information content (AvgIpc) is 2.88. The largest absolute Gasteiger partial charge is 0.444 e. The number of likely N-dealkylation sites (tertiary alicyclic amines) is 1. The van der Waals surface area contributed by atoms with Crippen molar-refractivity contribution in [2.24, 2.45) is 0 Å². The summed E-state index contributed by atoms with van der Waals surface area (Å²) in [5.74, 6) is 0. The molecule has 116 valence electrons. The van der Waals surface area contributed by atoms with Gasteiger partial charge in [-0.05, 0) is 46.2 Å². The molecule has 0 unspecified atom stereocenters. The summed E-state index contributed by atoms with van der Waals surface area (Å²) in [4.78, 5) is 14.3. The van der Waals surface area contributed by atoms with Crippen LogP contribution in [-0.2, 0) is 4.74 Å². The third-order valence-corrected chi connectivity index (χ3v) is 3.78. The number of nitrogens with one attached hydrogen (secondary N) is 1. The van der Waals surface area contributed by atoms with E-state index in [2.05, 4.69) is 17.4 Å². The molecule has 0 bridgehead atoms. The number of nitrogens with zero attached hydrogens (tertiary/aromatic N) is 1. The summed E-state index contributed by atoms with van der Waals surface area (Å²) in [6.45, 7) is 6.48. The minimum atomic E-state index is -0.452. The van der Waals surface area contributed by atoms with Crippen LogP contribution in [0.25, 0.3) is 0 Å². The summed E-state index contributed by atoms with van der Waals surface area (Å²) in [6.07, 6.45) is 1.82. The fraction of sp³-hybridized carbons (Fsp3) is 0.588. The second-order valence-electron chi connectivity index (χ2n) is 6.56. The maximum atomic E-state index is 12.4. The number of rotatable bonds is 3. The highest BCUT2D eigenvalue weighted by molar-refractivity contribution is 5.69. The highest BCUT2D eigenvalue weighted by Crippen LogP contribution is 2.30. The zero-order chi connectivity index (χ0) is 15.5. The van der Waals surface area contributed by atoms with E-state index < -0.39 is 5.60 Å². The van der Waals surface area contributed by atoms with E-state index >= 15 is 0 Å². The van der Waals surface area contributed by atoms with E-state index in [1.54, 1.807) is 0 Å². The van der Waals surface area contributed by atoms with Crippen LogP contribution in [0.3, 0.4) is 0 Å². The highest BCUT2D eigenvalue weighted by atomic mass is 16.6. The number of benzene rings is 1. The van der Waals surface area contributed by atoms with Crippen molar-refractivity contribution in [3.63, 3.8) is 0 Å². The van der Waals surface area contributed by atoms with Crippen LogP contribution in [0, 0.1) is 0 Å². The molecule has 0 saturated carbocycles. The van der Waals surface area contributed by atoms with Gasteiger partial charge in [0.2, 0.25) is 0 Å². The first-order chi connectivity index (χ1) is 9.92. The van der Waals surface area contributed by atoms with Gasteiger partial charge >= 0.3 is 6.09 Å². The van der Waals surface area contributed by atoms with E-state index in [1.807, 2.05) is 50.9 Å². The molecule has 1 amide bonds. The summed E-state index contributed by atoms with van der Waals surface area (Å²) in [6, 6.07) is 10.6. The maximum absolute atomic E-state index is 12.4. The van der Waals surface area contributed by atoms with Gasteiger partial charge in [0.05, 0.1) is 12.1 Å². The molecule has 1 aromatic rings. The van der Waals surface area contributed by atoms with Crippen molar-refractivity contribution in [3.05, 3.63) is 35.9 Å². The Morgan fingerprint density at radius 1 is 1.33 bits per heavy atom. The molecule has 1 aromatic carbocycles. The van der Waals surface area contributed by atoms with Crippen LogP contribution in [0.15, 0.2) is 30.3 Å². The third kappa shape index (κ3) is 3.97. The molecule has 4 nitrogen and oxygen atoms in total. The quantitative estimate of drug-likeness (QED) is 0.928. The van der Waals surface area contributed by atoms with Crippen molar-refractivity contribution < 1.29 is 9.53 Å². The Labute approximate surface area is 127 Å². The monoisotopic (exact) mass is 290 g/mol. The number of likely N-dealkylation sites (N-methyl/N-ethyl adjacent to an activating group) is 1. The van der Waals surface area contributed by atoms with Crippen LogP contribution < -0.4 is 5.32 Å². The molecule has 1 aliphatic rings. The van der Waals surface area contributed by atoms with Crippen LogP contribution in [-0.4, -0.2) is 36.2 Å². The smallest absolute Gasteiger partial charge is 0.410 e. The van der Waals surface area contributed by atoms with Crippen molar-refractivity contribution in [2.75, 3.05) is 13.6 Å². The SMILES string of the molecule is CN[C@@H](c1ccccc1)[C@@H]1CCCN1C(=O)OC(C)(C)C. The molecule has 21 heavy (non-hydrogen) atoms. The lowest BCUT2D eigenvalue weighted by Gasteiger charge is -2.33. The summed E-state index contributed by atoms with van der Waals surface area (Å²) in [7, 11) is 1.95. The van der Waals surface area contributed by atoms with Crippen molar-refractivity contribution in [2.45, 2.75) is 51.3 Å². The Kier molecular flexibility index (Phi) is 4.88. The molecule has 1 aliphatic heterocycles. The highest BCUT2D eigenvalue weighted by Gasteiger charge is 2.36. The van der Waals surface area contributed by atoms with Gasteiger partial charge in [0.1, 0.15) is 5.60 Å². The third-order valence-electron chi connectivity index (χ3n) is 3.78. The maximum Gasteiger partial charge on any atom is 0.410 e. The van der Waals surface area contributed by atoms with Crippen LogP contribution >= 0.6 is 0 Å². The van der Waals surface area contributed by atoms with E-state index in [1.165, 1.54) is 5.56 Å². The zero-order valence-electron chi connectivity index (χ0n) is 13.4. The van der Waals surface area contributed by atoms with Crippen LogP contribution in [0.4, 0.5) is 4.79 Å². The molecule has 1 heterocycles. The second-order valence-corrected chi connectivity index (χ2v) is 6.56. The molecule has 2 rings (SSSR count). The summed E-state index contributed by atoms with van der Waals surface area (Å²) in [5.41, 5.74) is 0.756. The Morgan fingerprint density at radius 3 is 2.57 bits per heavy atom. The molecular weight excluding hydrogens is 264 g/mol. The Hall–Kier alpha value is -1.55. The van der Waals surface area contributed by atoms with Crippen LogP contribution in [0.2, 0.25) is 0 Å². The van der Waals surface area contributed by atoms with Gasteiger partial charge in [-0.25, -0.2) is 4.79 Å². The standard InChI is InChI=1S/C17H26N2O2/c1-17(2,3)21-16(20)19-12-8-11-14(19)15(18-4)13-9-6-5-7-10-13/h5-7,9-10,14-15,18H,8,11-12H2,1-4H3/t14-,15-/m0/s1. The van der Waals surface area contributed by atoms with Crippen molar-refractivity contribution in [1.29, 1.82) is 0 Å². The Morgan fingerprint density at radius 2 is 2.00 bits per heavy atom. The van der Waals surface area contributed by atoms with E-state index in [9.17, 15) is 4.79 Å². The molecule has 0 radical (unpaired) electrons. The number of carbonyl (C=O) groups excluding carboxylic acids is 1. The normalized spacial score (nSPS) is 20.4. The Balaban J connectivity index is 2.15. The predicted molar refractivity (Wildman–Crippen MR) is 84.2 cm³/mol. The number of ether oxygens (including phenoxy) is 1. The number of carbonyl (C=O) groups is 1. The summed E-state index contributed by atoms with van der Waals surface area (Å²) in [5, 5.41) is 3.36. The number of hydrogen-bond donors (Lipinski definition) is 1. The van der Waals surface area contributed by atoms with Gasteiger partial charge in [0.25, 0.3) is 0 Å². The minimum Gasteiger partial charge on any atom is -0.444 e. The molecule has 1 N–H and O–H groups in total. The fourth-order valence-corrected chi connectivity index (χ4v) is 2.93. The van der Waals surface area contributed by atoms with E-state index in [0.717, 1.165) is 19.4 Å². The lowest BCUT2D eigenvalue weighted by atomic mass is 9.97. The molecule has 0 spiro atoms. The number of amides is 1.